The molecule has 1 unspecified atom stereocenters. The van der Waals surface area contributed by atoms with Crippen molar-refractivity contribution in [2.24, 2.45) is 0 Å². The highest BCUT2D eigenvalue weighted by Gasteiger charge is 2.40. The predicted molar refractivity (Wildman–Crippen MR) is 105 cm³/mol. The summed E-state index contributed by atoms with van der Waals surface area (Å²) < 4.78 is 10.7. The first-order valence-corrected chi connectivity index (χ1v) is 9.35. The number of amides is 1. The average molecular weight is 378 g/mol. The number of allylic oxidation sites excluding steroid dienone is 2. The smallest absolute Gasteiger partial charge is 0.232 e. The minimum atomic E-state index is -0.291. The molecule has 0 saturated heterocycles. The zero-order valence-electron chi connectivity index (χ0n) is 16.0. The molecule has 1 aromatic heterocycles. The van der Waals surface area contributed by atoms with Gasteiger partial charge in [-0.15, -0.1) is 0 Å². The molecular weight excluding hydrogens is 356 g/mol. The Hall–Kier alpha value is -3.15. The van der Waals surface area contributed by atoms with E-state index in [1.54, 1.807) is 43.5 Å². The number of Topliss-reactive ketones (excluding diaryl/α,β-unsaturated/α-hetero) is 1. The van der Waals surface area contributed by atoms with Crippen LogP contribution in [0, 0.1) is 0 Å². The highest BCUT2D eigenvalue weighted by molar-refractivity contribution is 6.07. The van der Waals surface area contributed by atoms with Crippen LogP contribution in [0.3, 0.4) is 0 Å². The maximum absolute atomic E-state index is 13.2. The number of carbonyl (C=O) groups excluding carboxylic acids is 2. The number of pyridine rings is 1. The average Bonchev–Trinajstić information content (AvgIpc) is 2.73. The van der Waals surface area contributed by atoms with Crippen LogP contribution in [0.25, 0.3) is 0 Å². The first kappa shape index (κ1) is 18.2. The number of nitrogens with zero attached hydrogens (tertiary/aromatic N) is 2. The van der Waals surface area contributed by atoms with Crippen LogP contribution in [0.5, 0.6) is 11.5 Å². The Labute approximate surface area is 163 Å². The van der Waals surface area contributed by atoms with Crippen molar-refractivity contribution in [1.29, 1.82) is 0 Å². The molecule has 1 atom stereocenters. The number of aromatic nitrogens is 1. The van der Waals surface area contributed by atoms with Crippen molar-refractivity contribution in [3.05, 3.63) is 59.6 Å². The van der Waals surface area contributed by atoms with Gasteiger partial charge >= 0.3 is 0 Å². The quantitative estimate of drug-likeness (QED) is 0.813. The second kappa shape index (κ2) is 7.46. The first-order valence-electron chi connectivity index (χ1n) is 9.35. The molecule has 1 aromatic carbocycles. The number of rotatable bonds is 4. The second-order valence-corrected chi connectivity index (χ2v) is 6.95. The summed E-state index contributed by atoms with van der Waals surface area (Å²) in [5.41, 5.74) is 2.91. The van der Waals surface area contributed by atoms with E-state index in [9.17, 15) is 9.59 Å². The van der Waals surface area contributed by atoms with Crippen LogP contribution in [0.15, 0.2) is 53.9 Å². The molecule has 0 spiro atoms. The summed E-state index contributed by atoms with van der Waals surface area (Å²) in [6.07, 6.45) is 3.83. The molecule has 0 saturated carbocycles. The van der Waals surface area contributed by atoms with Gasteiger partial charge in [0.2, 0.25) is 5.91 Å². The summed E-state index contributed by atoms with van der Waals surface area (Å²) in [6.45, 7) is 0. The zero-order chi connectivity index (χ0) is 19.7. The maximum atomic E-state index is 13.2. The number of anilines is 1. The molecule has 1 amide bonds. The molecular formula is C22H22N2O4. The van der Waals surface area contributed by atoms with Gasteiger partial charge < -0.3 is 9.47 Å². The van der Waals surface area contributed by atoms with Gasteiger partial charge in [-0.1, -0.05) is 6.07 Å². The van der Waals surface area contributed by atoms with E-state index in [4.69, 9.17) is 9.47 Å². The largest absolute Gasteiger partial charge is 0.497 e. The third kappa shape index (κ3) is 3.15. The van der Waals surface area contributed by atoms with Gasteiger partial charge in [0.15, 0.2) is 5.78 Å². The van der Waals surface area contributed by atoms with Crippen LogP contribution in [0.1, 0.15) is 37.3 Å². The third-order valence-electron chi connectivity index (χ3n) is 5.31. The summed E-state index contributed by atoms with van der Waals surface area (Å²) in [5.74, 6) is 0.945. The number of ether oxygens (including phenoxy) is 2. The van der Waals surface area contributed by atoms with Crippen LogP contribution in [-0.2, 0) is 9.59 Å². The third-order valence-corrected chi connectivity index (χ3v) is 5.31. The number of hydrogen-bond acceptors (Lipinski definition) is 5. The monoisotopic (exact) mass is 378 g/mol. The molecule has 0 N–H and O–H groups in total. The fourth-order valence-electron chi connectivity index (χ4n) is 4.05. The van der Waals surface area contributed by atoms with E-state index in [-0.39, 0.29) is 24.0 Å². The van der Waals surface area contributed by atoms with Crippen molar-refractivity contribution in [3.8, 4) is 11.5 Å². The SMILES string of the molecule is COc1cc(OC)cc(N2C(=O)CC(c3ccccn3)C3=C2CCCC3=O)c1. The normalized spacial score (nSPS) is 19.5. The molecule has 0 bridgehead atoms. The van der Waals surface area contributed by atoms with Gasteiger partial charge in [-0.05, 0) is 25.0 Å². The minimum absolute atomic E-state index is 0.0561. The molecule has 2 aliphatic rings. The van der Waals surface area contributed by atoms with Crippen molar-refractivity contribution in [1.82, 2.24) is 4.98 Å². The number of hydrogen-bond donors (Lipinski definition) is 0. The Morgan fingerprint density at radius 1 is 1.04 bits per heavy atom. The topological polar surface area (TPSA) is 68.7 Å². The Balaban J connectivity index is 1.87. The molecule has 144 valence electrons. The zero-order valence-corrected chi connectivity index (χ0v) is 16.0. The van der Waals surface area contributed by atoms with Crippen LogP contribution in [0.4, 0.5) is 5.69 Å². The van der Waals surface area contributed by atoms with Gasteiger partial charge in [-0.25, -0.2) is 0 Å². The predicted octanol–water partition coefficient (Wildman–Crippen LogP) is 3.63. The summed E-state index contributed by atoms with van der Waals surface area (Å²) in [6, 6.07) is 11.0. The number of methoxy groups -OCH3 is 2. The van der Waals surface area contributed by atoms with Crippen molar-refractivity contribution >= 4 is 17.4 Å². The lowest BCUT2D eigenvalue weighted by atomic mass is 9.78. The van der Waals surface area contributed by atoms with E-state index in [1.165, 1.54) is 0 Å². The summed E-state index contributed by atoms with van der Waals surface area (Å²) in [7, 11) is 3.14. The van der Waals surface area contributed by atoms with E-state index < -0.39 is 0 Å². The van der Waals surface area contributed by atoms with Gasteiger partial charge in [-0.2, -0.15) is 0 Å². The molecule has 2 aromatic rings. The van der Waals surface area contributed by atoms with E-state index in [2.05, 4.69) is 4.98 Å². The molecule has 4 rings (SSSR count). The molecule has 28 heavy (non-hydrogen) atoms. The summed E-state index contributed by atoms with van der Waals surface area (Å²) in [5, 5.41) is 0. The van der Waals surface area contributed by atoms with Gasteiger partial charge in [0, 0.05) is 60.1 Å². The molecule has 6 heteroatoms. The van der Waals surface area contributed by atoms with Gasteiger partial charge in [0.25, 0.3) is 0 Å². The lowest BCUT2D eigenvalue weighted by Gasteiger charge is -2.38. The number of benzene rings is 1. The number of carbonyl (C=O) groups is 2. The van der Waals surface area contributed by atoms with Crippen LogP contribution < -0.4 is 14.4 Å². The fourth-order valence-corrected chi connectivity index (χ4v) is 4.05. The van der Waals surface area contributed by atoms with E-state index in [0.717, 1.165) is 17.8 Å². The molecule has 0 radical (unpaired) electrons. The Kier molecular flexibility index (Phi) is 4.86. The lowest BCUT2D eigenvalue weighted by Crippen LogP contribution is -2.40. The standard InChI is InChI=1S/C22H22N2O4/c1-27-15-10-14(11-16(12-15)28-2)24-19-7-5-8-20(25)22(19)17(13-21(24)26)18-6-3-4-9-23-18/h3-4,6,9-12,17H,5,7-8,13H2,1-2H3. The molecule has 0 fully saturated rings. The molecule has 1 aliphatic carbocycles. The summed E-state index contributed by atoms with van der Waals surface area (Å²) in [4.78, 5) is 32.2. The van der Waals surface area contributed by atoms with Crippen molar-refractivity contribution < 1.29 is 19.1 Å². The minimum Gasteiger partial charge on any atom is -0.497 e. The van der Waals surface area contributed by atoms with E-state index in [1.807, 2.05) is 18.2 Å². The van der Waals surface area contributed by atoms with E-state index in [0.29, 0.717) is 35.6 Å². The molecule has 1 aliphatic heterocycles. The Bertz CT molecular complexity index is 930. The number of ketones is 1. The highest BCUT2D eigenvalue weighted by Crippen LogP contribution is 2.44. The van der Waals surface area contributed by atoms with Gasteiger partial charge in [-0.3, -0.25) is 19.5 Å². The lowest BCUT2D eigenvalue weighted by molar-refractivity contribution is -0.120. The fraction of sp³-hybridized carbons (Fsp3) is 0.318. The van der Waals surface area contributed by atoms with Crippen LogP contribution >= 0.6 is 0 Å². The van der Waals surface area contributed by atoms with Crippen molar-refractivity contribution in [2.75, 3.05) is 19.1 Å². The highest BCUT2D eigenvalue weighted by atomic mass is 16.5. The first-order chi connectivity index (χ1) is 13.6. The summed E-state index contributed by atoms with van der Waals surface area (Å²) >= 11 is 0. The van der Waals surface area contributed by atoms with Crippen molar-refractivity contribution in [3.63, 3.8) is 0 Å². The maximum Gasteiger partial charge on any atom is 0.232 e. The van der Waals surface area contributed by atoms with Crippen LogP contribution in [0.2, 0.25) is 0 Å². The van der Waals surface area contributed by atoms with Crippen molar-refractivity contribution in [2.45, 2.75) is 31.6 Å². The van der Waals surface area contributed by atoms with E-state index >= 15 is 0 Å². The van der Waals surface area contributed by atoms with Gasteiger partial charge in [0.1, 0.15) is 11.5 Å². The molecule has 2 heterocycles. The Morgan fingerprint density at radius 3 is 2.43 bits per heavy atom. The van der Waals surface area contributed by atoms with Gasteiger partial charge in [0.05, 0.1) is 19.9 Å². The van der Waals surface area contributed by atoms with Crippen LogP contribution in [-0.4, -0.2) is 30.9 Å². The second-order valence-electron chi connectivity index (χ2n) is 6.95. The Morgan fingerprint density at radius 2 is 1.79 bits per heavy atom. The molecule has 6 nitrogen and oxygen atoms in total.